The smallest absolute Gasteiger partial charge is 0.359 e. The molecule has 0 atom stereocenters. The fourth-order valence-electron chi connectivity index (χ4n) is 2.31. The third-order valence-electron chi connectivity index (χ3n) is 3.57. The van der Waals surface area contributed by atoms with Crippen molar-refractivity contribution in [2.24, 2.45) is 0 Å². The van der Waals surface area contributed by atoms with Gasteiger partial charge in [0.1, 0.15) is 0 Å². The SMILES string of the molecule is O=C(OCC(=O)N1CCN(c2ncccn2)CC1)c1cnccn1. The van der Waals surface area contributed by atoms with E-state index >= 15 is 0 Å². The minimum atomic E-state index is -0.659. The van der Waals surface area contributed by atoms with E-state index in [1.807, 2.05) is 4.90 Å². The van der Waals surface area contributed by atoms with Crippen LogP contribution in [-0.4, -0.2) is 69.5 Å². The average molecular weight is 328 g/mol. The Labute approximate surface area is 138 Å². The molecule has 1 fully saturated rings. The molecule has 0 saturated carbocycles. The maximum atomic E-state index is 12.1. The summed E-state index contributed by atoms with van der Waals surface area (Å²) in [5.74, 6) is -0.243. The summed E-state index contributed by atoms with van der Waals surface area (Å²) >= 11 is 0. The molecule has 0 aliphatic carbocycles. The molecule has 24 heavy (non-hydrogen) atoms. The van der Waals surface area contributed by atoms with Gasteiger partial charge in [0, 0.05) is 51.0 Å². The lowest BCUT2D eigenvalue weighted by molar-refractivity contribution is -0.134. The molecule has 0 aromatic carbocycles. The number of carbonyl (C=O) groups excluding carboxylic acids is 2. The van der Waals surface area contributed by atoms with E-state index in [0.717, 1.165) is 0 Å². The fourth-order valence-corrected chi connectivity index (χ4v) is 2.31. The molecule has 2 aromatic rings. The second-order valence-electron chi connectivity index (χ2n) is 5.08. The second-order valence-corrected chi connectivity index (χ2v) is 5.08. The first-order chi connectivity index (χ1) is 11.7. The molecule has 9 heteroatoms. The van der Waals surface area contributed by atoms with Crippen molar-refractivity contribution in [3.05, 3.63) is 42.7 Å². The van der Waals surface area contributed by atoms with Crippen molar-refractivity contribution < 1.29 is 14.3 Å². The summed E-state index contributed by atoms with van der Waals surface area (Å²) in [6.07, 6.45) is 7.52. The van der Waals surface area contributed by atoms with E-state index in [1.54, 1.807) is 23.4 Å². The standard InChI is InChI=1S/C15H16N6O3/c22-13(11-24-14(23)12-10-16-4-5-17-12)20-6-8-21(9-7-20)15-18-2-1-3-19-15/h1-5,10H,6-9,11H2. The van der Waals surface area contributed by atoms with Gasteiger partial charge >= 0.3 is 5.97 Å². The highest BCUT2D eigenvalue weighted by atomic mass is 16.5. The molecular formula is C15H16N6O3. The van der Waals surface area contributed by atoms with Crippen molar-refractivity contribution in [1.29, 1.82) is 0 Å². The first kappa shape index (κ1) is 15.8. The molecule has 3 heterocycles. The predicted molar refractivity (Wildman–Crippen MR) is 83.1 cm³/mol. The largest absolute Gasteiger partial charge is 0.451 e. The molecule has 124 valence electrons. The van der Waals surface area contributed by atoms with Gasteiger partial charge in [-0.3, -0.25) is 9.78 Å². The number of aromatic nitrogens is 4. The zero-order valence-corrected chi connectivity index (χ0v) is 12.9. The Morgan fingerprint density at radius 2 is 1.75 bits per heavy atom. The number of rotatable bonds is 4. The van der Waals surface area contributed by atoms with Crippen LogP contribution in [0.1, 0.15) is 10.5 Å². The van der Waals surface area contributed by atoms with E-state index < -0.39 is 5.97 Å². The van der Waals surface area contributed by atoms with Gasteiger partial charge in [-0.25, -0.2) is 19.7 Å². The zero-order valence-electron chi connectivity index (χ0n) is 12.9. The maximum Gasteiger partial charge on any atom is 0.359 e. The number of hydrogen-bond donors (Lipinski definition) is 0. The summed E-state index contributed by atoms with van der Waals surface area (Å²) in [4.78, 5) is 43.6. The van der Waals surface area contributed by atoms with Crippen LogP contribution in [0.25, 0.3) is 0 Å². The quantitative estimate of drug-likeness (QED) is 0.710. The Hall–Kier alpha value is -3.10. The Balaban J connectivity index is 1.46. The third-order valence-corrected chi connectivity index (χ3v) is 3.57. The number of carbonyl (C=O) groups is 2. The Morgan fingerprint density at radius 1 is 1.00 bits per heavy atom. The van der Waals surface area contributed by atoms with Crippen molar-refractivity contribution in [2.45, 2.75) is 0 Å². The highest BCUT2D eigenvalue weighted by Crippen LogP contribution is 2.10. The van der Waals surface area contributed by atoms with Crippen molar-refractivity contribution in [3.63, 3.8) is 0 Å². The Kier molecular flexibility index (Phi) is 4.90. The van der Waals surface area contributed by atoms with Gasteiger partial charge in [-0.05, 0) is 6.07 Å². The highest BCUT2D eigenvalue weighted by molar-refractivity contribution is 5.89. The van der Waals surface area contributed by atoms with E-state index in [4.69, 9.17) is 4.74 Å². The second kappa shape index (κ2) is 7.44. The average Bonchev–Trinajstić information content (AvgIpc) is 2.67. The monoisotopic (exact) mass is 328 g/mol. The molecule has 3 rings (SSSR count). The molecule has 1 saturated heterocycles. The minimum absolute atomic E-state index is 0.0799. The molecule has 1 aliphatic heterocycles. The predicted octanol–water partition coefficient (Wildman–Crippen LogP) is -0.228. The van der Waals surface area contributed by atoms with Gasteiger partial charge in [0.05, 0.1) is 6.20 Å². The Bertz CT molecular complexity index is 689. The lowest BCUT2D eigenvalue weighted by atomic mass is 10.3. The number of hydrogen-bond acceptors (Lipinski definition) is 8. The summed E-state index contributed by atoms with van der Waals surface area (Å²) in [5.41, 5.74) is 0.0799. The first-order valence-corrected chi connectivity index (χ1v) is 7.47. The summed E-state index contributed by atoms with van der Waals surface area (Å²) in [7, 11) is 0. The zero-order chi connectivity index (χ0) is 16.8. The van der Waals surface area contributed by atoms with Gasteiger partial charge in [-0.1, -0.05) is 0 Å². The van der Waals surface area contributed by atoms with Gasteiger partial charge in [0.15, 0.2) is 12.3 Å². The number of amides is 1. The van der Waals surface area contributed by atoms with Gasteiger partial charge in [-0.15, -0.1) is 0 Å². The van der Waals surface area contributed by atoms with Crippen LogP contribution >= 0.6 is 0 Å². The lowest BCUT2D eigenvalue weighted by Gasteiger charge is -2.34. The van der Waals surface area contributed by atoms with Gasteiger partial charge in [-0.2, -0.15) is 0 Å². The van der Waals surface area contributed by atoms with Crippen LogP contribution in [0.3, 0.4) is 0 Å². The van der Waals surface area contributed by atoms with E-state index in [1.165, 1.54) is 18.6 Å². The van der Waals surface area contributed by atoms with Crippen molar-refractivity contribution in [1.82, 2.24) is 24.8 Å². The molecule has 0 radical (unpaired) electrons. The van der Waals surface area contributed by atoms with Crippen molar-refractivity contribution >= 4 is 17.8 Å². The van der Waals surface area contributed by atoms with Crippen LogP contribution in [0.15, 0.2) is 37.1 Å². The van der Waals surface area contributed by atoms with Gasteiger partial charge in [0.25, 0.3) is 5.91 Å². The summed E-state index contributed by atoms with van der Waals surface area (Å²) in [6, 6.07) is 1.76. The third kappa shape index (κ3) is 3.80. The molecule has 2 aromatic heterocycles. The molecule has 0 spiro atoms. The molecular weight excluding hydrogens is 312 g/mol. The minimum Gasteiger partial charge on any atom is -0.451 e. The first-order valence-electron chi connectivity index (χ1n) is 7.47. The normalized spacial score (nSPS) is 14.3. The topological polar surface area (TPSA) is 101 Å². The number of esters is 1. The number of ether oxygens (including phenoxy) is 1. The van der Waals surface area contributed by atoms with E-state index in [9.17, 15) is 9.59 Å². The highest BCUT2D eigenvalue weighted by Gasteiger charge is 2.23. The van der Waals surface area contributed by atoms with Gasteiger partial charge in [0.2, 0.25) is 5.95 Å². The number of nitrogens with zero attached hydrogens (tertiary/aromatic N) is 6. The number of anilines is 1. The van der Waals surface area contributed by atoms with Crippen LogP contribution in [-0.2, 0) is 9.53 Å². The van der Waals surface area contributed by atoms with Crippen molar-refractivity contribution in [3.8, 4) is 0 Å². The summed E-state index contributed by atoms with van der Waals surface area (Å²) in [5, 5.41) is 0. The lowest BCUT2D eigenvalue weighted by Crippen LogP contribution is -2.50. The van der Waals surface area contributed by atoms with E-state index in [2.05, 4.69) is 19.9 Å². The van der Waals surface area contributed by atoms with E-state index in [-0.39, 0.29) is 18.2 Å². The van der Waals surface area contributed by atoms with Crippen LogP contribution in [0.2, 0.25) is 0 Å². The molecule has 0 N–H and O–H groups in total. The van der Waals surface area contributed by atoms with Crippen LogP contribution in [0, 0.1) is 0 Å². The van der Waals surface area contributed by atoms with Crippen LogP contribution in [0.4, 0.5) is 5.95 Å². The summed E-state index contributed by atoms with van der Waals surface area (Å²) in [6.45, 7) is 2.01. The maximum absolute atomic E-state index is 12.1. The molecule has 1 aliphatic rings. The van der Waals surface area contributed by atoms with Gasteiger partial charge < -0.3 is 14.5 Å². The molecule has 0 unspecified atom stereocenters. The molecule has 1 amide bonds. The number of piperazine rings is 1. The Morgan fingerprint density at radius 3 is 2.42 bits per heavy atom. The van der Waals surface area contributed by atoms with Crippen molar-refractivity contribution in [2.75, 3.05) is 37.7 Å². The summed E-state index contributed by atoms with van der Waals surface area (Å²) < 4.78 is 4.98. The van der Waals surface area contributed by atoms with Crippen LogP contribution in [0.5, 0.6) is 0 Å². The fraction of sp³-hybridized carbons (Fsp3) is 0.333. The van der Waals surface area contributed by atoms with Crippen LogP contribution < -0.4 is 4.90 Å². The van der Waals surface area contributed by atoms with E-state index in [0.29, 0.717) is 32.1 Å². The molecule has 0 bridgehead atoms. The molecule has 9 nitrogen and oxygen atoms in total.